The lowest BCUT2D eigenvalue weighted by atomic mass is 10.1. The summed E-state index contributed by atoms with van der Waals surface area (Å²) >= 11 is 6.18. The summed E-state index contributed by atoms with van der Waals surface area (Å²) in [6.07, 6.45) is 2.06. The third-order valence-electron chi connectivity index (χ3n) is 3.90. The Morgan fingerprint density at radius 3 is 2.68 bits per heavy atom. The molecule has 0 spiro atoms. The highest BCUT2D eigenvalue weighted by Gasteiger charge is 2.30. The van der Waals surface area contributed by atoms with Gasteiger partial charge in [0.15, 0.2) is 11.5 Å². The van der Waals surface area contributed by atoms with E-state index in [9.17, 15) is 0 Å². The van der Waals surface area contributed by atoms with E-state index in [0.29, 0.717) is 11.1 Å². The Hall–Kier alpha value is -1.71. The summed E-state index contributed by atoms with van der Waals surface area (Å²) in [6.45, 7) is 2.15. The summed E-state index contributed by atoms with van der Waals surface area (Å²) in [4.78, 5) is 6.97. The van der Waals surface area contributed by atoms with Gasteiger partial charge in [-0.3, -0.25) is 9.89 Å². The highest BCUT2D eigenvalue weighted by molar-refractivity contribution is 6.31. The van der Waals surface area contributed by atoms with Crippen LogP contribution in [0.1, 0.15) is 19.8 Å². The maximum atomic E-state index is 6.18. The Morgan fingerprint density at radius 2 is 1.91 bits per heavy atom. The third-order valence-corrected chi connectivity index (χ3v) is 4.14. The second-order valence-corrected chi connectivity index (χ2v) is 5.89. The number of nitrogens with zero attached hydrogens (tertiary/aromatic N) is 2. The largest absolute Gasteiger partial charge is 0.453 e. The van der Waals surface area contributed by atoms with E-state index in [4.69, 9.17) is 21.3 Å². The molecule has 3 nitrogen and oxygen atoms in total. The number of rotatable bonds is 0. The van der Waals surface area contributed by atoms with Crippen molar-refractivity contribution < 1.29 is 4.74 Å². The first-order valence-electron chi connectivity index (χ1n) is 7.15. The molecule has 2 aliphatic heterocycles. The molecular weight excluding hydrogens is 319 g/mol. The van der Waals surface area contributed by atoms with Crippen molar-refractivity contribution in [1.29, 1.82) is 0 Å². The Labute approximate surface area is 141 Å². The molecule has 2 aromatic rings. The van der Waals surface area contributed by atoms with Gasteiger partial charge in [-0.05, 0) is 43.7 Å². The van der Waals surface area contributed by atoms with Gasteiger partial charge in [0.25, 0.3) is 0 Å². The van der Waals surface area contributed by atoms with E-state index in [1.54, 1.807) is 0 Å². The van der Waals surface area contributed by atoms with Gasteiger partial charge in [-0.15, -0.1) is 12.4 Å². The number of ether oxygens (including phenoxy) is 1. The maximum Gasteiger partial charge on any atom is 0.151 e. The number of hydrogen-bond acceptors (Lipinski definition) is 3. The molecule has 2 aliphatic rings. The Morgan fingerprint density at radius 1 is 1.14 bits per heavy atom. The van der Waals surface area contributed by atoms with E-state index in [-0.39, 0.29) is 12.4 Å². The topological polar surface area (TPSA) is 24.8 Å². The van der Waals surface area contributed by atoms with Crippen molar-refractivity contribution in [1.82, 2.24) is 0 Å². The normalized spacial score (nSPS) is 18.7. The van der Waals surface area contributed by atoms with Crippen LogP contribution in [0.4, 0.5) is 11.4 Å². The van der Waals surface area contributed by atoms with Gasteiger partial charge in [0.05, 0.1) is 11.4 Å². The summed E-state index contributed by atoms with van der Waals surface area (Å²) in [6, 6.07) is 14.1. The first kappa shape index (κ1) is 15.2. The molecule has 5 heteroatoms. The Kier molecular flexibility index (Phi) is 4.02. The van der Waals surface area contributed by atoms with Crippen LogP contribution in [0, 0.1) is 0 Å². The summed E-state index contributed by atoms with van der Waals surface area (Å²) < 4.78 is 5.99. The minimum atomic E-state index is 0. The van der Waals surface area contributed by atoms with Crippen LogP contribution in [0.3, 0.4) is 0 Å². The second-order valence-electron chi connectivity index (χ2n) is 5.45. The van der Waals surface area contributed by atoms with Crippen molar-refractivity contribution in [2.24, 2.45) is 4.99 Å². The lowest BCUT2D eigenvalue weighted by Crippen LogP contribution is -2.27. The fourth-order valence-corrected chi connectivity index (χ4v) is 3.06. The van der Waals surface area contributed by atoms with Gasteiger partial charge >= 0.3 is 0 Å². The third kappa shape index (κ3) is 2.44. The SMILES string of the molecule is CC1CCC(N2c3ccccc3Oc3ccc(Cl)cc32)=N1.Cl. The molecule has 0 N–H and O–H groups in total. The fraction of sp³-hybridized carbons (Fsp3) is 0.235. The number of halogens is 2. The van der Waals surface area contributed by atoms with Gasteiger partial charge < -0.3 is 4.74 Å². The number of fused-ring (bicyclic) bond motifs is 2. The van der Waals surface area contributed by atoms with Crippen LogP contribution in [0.5, 0.6) is 11.5 Å². The van der Waals surface area contributed by atoms with E-state index in [1.807, 2.05) is 36.4 Å². The Balaban J connectivity index is 0.00000144. The van der Waals surface area contributed by atoms with Gasteiger partial charge in [0, 0.05) is 17.5 Å². The highest BCUT2D eigenvalue weighted by Crippen LogP contribution is 2.48. The molecule has 0 bridgehead atoms. The molecule has 2 heterocycles. The van der Waals surface area contributed by atoms with Crippen molar-refractivity contribution in [3.05, 3.63) is 47.5 Å². The fourth-order valence-electron chi connectivity index (χ4n) is 2.90. The predicted molar refractivity (Wildman–Crippen MR) is 93.5 cm³/mol. The van der Waals surface area contributed by atoms with Crippen LogP contribution in [0.25, 0.3) is 0 Å². The van der Waals surface area contributed by atoms with Crippen LogP contribution in [0.15, 0.2) is 47.5 Å². The molecule has 0 saturated carbocycles. The highest BCUT2D eigenvalue weighted by atomic mass is 35.5. The molecule has 0 aromatic heterocycles. The van der Waals surface area contributed by atoms with Gasteiger partial charge in [-0.2, -0.15) is 0 Å². The van der Waals surface area contributed by atoms with E-state index in [1.165, 1.54) is 0 Å². The monoisotopic (exact) mass is 334 g/mol. The van der Waals surface area contributed by atoms with Crippen LogP contribution in [-0.4, -0.2) is 11.9 Å². The zero-order valence-electron chi connectivity index (χ0n) is 12.1. The van der Waals surface area contributed by atoms with E-state index in [2.05, 4.69) is 17.9 Å². The quantitative estimate of drug-likeness (QED) is 0.627. The van der Waals surface area contributed by atoms with Crippen molar-refractivity contribution in [2.75, 3.05) is 4.90 Å². The van der Waals surface area contributed by atoms with Gasteiger partial charge in [0.2, 0.25) is 0 Å². The maximum absolute atomic E-state index is 6.18. The summed E-state index contributed by atoms with van der Waals surface area (Å²) in [5, 5.41) is 0.702. The van der Waals surface area contributed by atoms with E-state index >= 15 is 0 Å². The molecule has 0 saturated heterocycles. The van der Waals surface area contributed by atoms with Crippen molar-refractivity contribution in [3.8, 4) is 11.5 Å². The standard InChI is InChI=1S/C17H15ClN2O.ClH/c1-11-6-9-17(19-11)20-13-4-2-3-5-15(13)21-16-8-7-12(18)10-14(16)20;/h2-5,7-8,10-11H,6,9H2,1H3;1H. The first-order chi connectivity index (χ1) is 10.2. The van der Waals surface area contributed by atoms with Gasteiger partial charge in [-0.25, -0.2) is 0 Å². The first-order valence-corrected chi connectivity index (χ1v) is 7.53. The van der Waals surface area contributed by atoms with Crippen molar-refractivity contribution in [3.63, 3.8) is 0 Å². The van der Waals surface area contributed by atoms with E-state index in [0.717, 1.165) is 41.6 Å². The number of aliphatic imine (C=N–C) groups is 1. The second kappa shape index (κ2) is 5.82. The molecule has 0 fully saturated rings. The summed E-state index contributed by atoms with van der Waals surface area (Å²) in [7, 11) is 0. The molecule has 0 radical (unpaired) electrons. The zero-order chi connectivity index (χ0) is 14.4. The number of hydrogen-bond donors (Lipinski definition) is 0. The molecular formula is C17H16Cl2N2O. The minimum Gasteiger partial charge on any atom is -0.453 e. The zero-order valence-corrected chi connectivity index (χ0v) is 13.7. The van der Waals surface area contributed by atoms with Crippen LogP contribution in [-0.2, 0) is 0 Å². The molecule has 1 atom stereocenters. The minimum absolute atomic E-state index is 0. The predicted octanol–water partition coefficient (Wildman–Crippen LogP) is 5.59. The molecule has 114 valence electrons. The molecule has 1 unspecified atom stereocenters. The van der Waals surface area contributed by atoms with Crippen LogP contribution < -0.4 is 9.64 Å². The van der Waals surface area contributed by atoms with Crippen LogP contribution >= 0.6 is 24.0 Å². The number of benzene rings is 2. The van der Waals surface area contributed by atoms with Crippen LogP contribution in [0.2, 0.25) is 5.02 Å². The van der Waals surface area contributed by atoms with E-state index < -0.39 is 0 Å². The Bertz CT molecular complexity index is 745. The number of amidine groups is 1. The van der Waals surface area contributed by atoms with Crippen molar-refractivity contribution >= 4 is 41.2 Å². The smallest absolute Gasteiger partial charge is 0.151 e. The molecule has 0 aliphatic carbocycles. The summed E-state index contributed by atoms with van der Waals surface area (Å²) in [5.74, 6) is 2.76. The average Bonchev–Trinajstić information content (AvgIpc) is 2.91. The number of anilines is 2. The average molecular weight is 335 g/mol. The number of para-hydroxylation sites is 2. The van der Waals surface area contributed by atoms with Gasteiger partial charge in [-0.1, -0.05) is 23.7 Å². The molecule has 2 aromatic carbocycles. The molecule has 4 rings (SSSR count). The van der Waals surface area contributed by atoms with Crippen molar-refractivity contribution in [2.45, 2.75) is 25.8 Å². The van der Waals surface area contributed by atoms with Gasteiger partial charge in [0.1, 0.15) is 5.84 Å². The summed E-state index contributed by atoms with van der Waals surface area (Å²) in [5.41, 5.74) is 1.99. The lowest BCUT2D eigenvalue weighted by molar-refractivity contribution is 0.477. The molecule has 0 amide bonds. The molecule has 22 heavy (non-hydrogen) atoms. The lowest BCUT2D eigenvalue weighted by Gasteiger charge is -2.32.